The fraction of sp³-hybridized carbons (Fsp3) is 0.857. The van der Waals surface area contributed by atoms with E-state index in [0.717, 1.165) is 31.9 Å². The van der Waals surface area contributed by atoms with Crippen LogP contribution in [0.4, 0.5) is 0 Å². The molecule has 0 saturated carbocycles. The molecule has 0 bridgehead atoms. The topological polar surface area (TPSA) is 69.4 Å². The van der Waals surface area contributed by atoms with Gasteiger partial charge in [0.05, 0.1) is 30.9 Å². The Labute approximate surface area is 142 Å². The first-order valence-electron chi connectivity index (χ1n) is 8.01. The zero-order valence-corrected chi connectivity index (χ0v) is 15.3. The number of sulfone groups is 1. The van der Waals surface area contributed by atoms with Gasteiger partial charge in [0.2, 0.25) is 0 Å². The van der Waals surface area contributed by atoms with Crippen molar-refractivity contribution in [2.24, 2.45) is 13.0 Å². The van der Waals surface area contributed by atoms with Gasteiger partial charge in [0, 0.05) is 26.6 Å². The Kier molecular flexibility index (Phi) is 4.91. The average molecular weight is 361 g/mol. The Morgan fingerprint density at radius 1 is 1.43 bits per heavy atom. The molecule has 23 heavy (non-hydrogen) atoms. The number of ether oxygens (including phenoxy) is 1. The van der Waals surface area contributed by atoms with E-state index in [-0.39, 0.29) is 17.8 Å². The third kappa shape index (κ3) is 4.01. The van der Waals surface area contributed by atoms with Gasteiger partial charge in [0.1, 0.15) is 5.82 Å². The Morgan fingerprint density at radius 3 is 2.87 bits per heavy atom. The van der Waals surface area contributed by atoms with Crippen LogP contribution in [0.1, 0.15) is 19.2 Å². The normalized spacial score (nSPS) is 28.3. The first-order chi connectivity index (χ1) is 10.8. The van der Waals surface area contributed by atoms with Crippen molar-refractivity contribution < 1.29 is 13.2 Å². The molecule has 2 aliphatic heterocycles. The van der Waals surface area contributed by atoms with E-state index in [1.165, 1.54) is 0 Å². The average Bonchev–Trinajstić information content (AvgIpc) is 2.94. The molecule has 0 aliphatic carbocycles. The van der Waals surface area contributed by atoms with Crippen molar-refractivity contribution in [1.29, 1.82) is 0 Å². The first-order valence-corrected chi connectivity index (χ1v) is 10.2. The maximum atomic E-state index is 11.6. The zero-order chi connectivity index (χ0) is 16.6. The van der Waals surface area contributed by atoms with Crippen molar-refractivity contribution in [3.8, 4) is 0 Å². The molecule has 0 N–H and O–H groups in total. The molecule has 0 spiro atoms. The van der Waals surface area contributed by atoms with Gasteiger partial charge in [-0.1, -0.05) is 0 Å². The molecule has 2 aliphatic rings. The van der Waals surface area contributed by atoms with Gasteiger partial charge in [-0.05, 0) is 31.5 Å². The van der Waals surface area contributed by atoms with E-state index in [9.17, 15) is 8.42 Å². The second kappa shape index (κ2) is 6.62. The van der Waals surface area contributed by atoms with Crippen LogP contribution in [0.15, 0.2) is 0 Å². The fourth-order valence-corrected chi connectivity index (χ4v) is 5.37. The molecule has 3 rings (SSSR count). The lowest BCUT2D eigenvalue weighted by atomic mass is 10.1. The molecule has 3 heterocycles. The molecule has 2 saturated heterocycles. The highest BCUT2D eigenvalue weighted by Gasteiger charge is 2.29. The molecule has 7 nitrogen and oxygen atoms in total. The van der Waals surface area contributed by atoms with Crippen LogP contribution in [0.5, 0.6) is 0 Å². The van der Waals surface area contributed by atoms with Crippen molar-refractivity contribution in [2.45, 2.75) is 32.5 Å². The molecular weight excluding hydrogens is 336 g/mol. The minimum Gasteiger partial charge on any atom is -0.376 e. The van der Waals surface area contributed by atoms with Gasteiger partial charge in [-0.15, -0.1) is 0 Å². The zero-order valence-electron chi connectivity index (χ0n) is 13.6. The number of nitrogens with zero attached hydrogens (tertiary/aromatic N) is 4. The van der Waals surface area contributed by atoms with Gasteiger partial charge in [-0.3, -0.25) is 4.90 Å². The van der Waals surface area contributed by atoms with Crippen molar-refractivity contribution in [3.05, 3.63) is 10.6 Å². The van der Waals surface area contributed by atoms with Crippen LogP contribution >= 0.6 is 12.2 Å². The second-order valence-electron chi connectivity index (χ2n) is 6.63. The van der Waals surface area contributed by atoms with E-state index in [4.69, 9.17) is 17.0 Å². The molecule has 0 radical (unpaired) electrons. The summed E-state index contributed by atoms with van der Waals surface area (Å²) in [6.45, 7) is 5.20. The summed E-state index contributed by atoms with van der Waals surface area (Å²) in [7, 11) is -0.943. The van der Waals surface area contributed by atoms with Gasteiger partial charge >= 0.3 is 0 Å². The highest BCUT2D eigenvalue weighted by atomic mass is 32.2. The molecule has 9 heteroatoms. The summed E-state index contributed by atoms with van der Waals surface area (Å²) in [6.07, 6.45) is 1.62. The molecule has 0 amide bonds. The molecule has 0 aromatic carbocycles. The third-order valence-electron chi connectivity index (χ3n) is 4.59. The summed E-state index contributed by atoms with van der Waals surface area (Å²) < 4.78 is 33.2. The van der Waals surface area contributed by atoms with Crippen LogP contribution in [0.2, 0.25) is 0 Å². The largest absolute Gasteiger partial charge is 0.376 e. The van der Waals surface area contributed by atoms with Crippen LogP contribution in [0.3, 0.4) is 0 Å². The minimum absolute atomic E-state index is 0.160. The van der Waals surface area contributed by atoms with E-state index >= 15 is 0 Å². The van der Waals surface area contributed by atoms with Crippen LogP contribution in [0, 0.1) is 10.7 Å². The summed E-state index contributed by atoms with van der Waals surface area (Å²) in [5.74, 6) is 1.60. The van der Waals surface area contributed by atoms with Gasteiger partial charge in [0.15, 0.2) is 14.6 Å². The van der Waals surface area contributed by atoms with E-state index in [0.29, 0.717) is 23.6 Å². The van der Waals surface area contributed by atoms with Crippen molar-refractivity contribution in [1.82, 2.24) is 19.2 Å². The molecule has 0 unspecified atom stereocenters. The Bertz CT molecular complexity index is 725. The Balaban J connectivity index is 1.70. The lowest BCUT2D eigenvalue weighted by Crippen LogP contribution is -2.42. The maximum Gasteiger partial charge on any atom is 0.198 e. The van der Waals surface area contributed by atoms with Crippen LogP contribution in [-0.2, 0) is 34.7 Å². The van der Waals surface area contributed by atoms with E-state index in [1.54, 1.807) is 0 Å². The van der Waals surface area contributed by atoms with E-state index in [1.807, 2.05) is 16.3 Å². The quantitative estimate of drug-likeness (QED) is 0.733. The summed E-state index contributed by atoms with van der Waals surface area (Å²) in [6, 6.07) is 0. The standard InChI is InChI=1S/C14H24N4O3S2/c1-11-8-17(4-5-21-11)10-18-14(22)16(2)13(15-18)7-12-3-6-23(19,20)9-12/h11-12H,3-10H2,1-2H3/t11-,12-/m0/s1. The van der Waals surface area contributed by atoms with Gasteiger partial charge < -0.3 is 9.30 Å². The minimum atomic E-state index is -2.85. The second-order valence-corrected chi connectivity index (χ2v) is 9.22. The number of morpholine rings is 1. The lowest BCUT2D eigenvalue weighted by Gasteiger charge is -2.30. The summed E-state index contributed by atoms with van der Waals surface area (Å²) in [5, 5.41) is 4.64. The molecule has 130 valence electrons. The predicted molar refractivity (Wildman–Crippen MR) is 89.5 cm³/mol. The van der Waals surface area contributed by atoms with Crippen molar-refractivity contribution in [3.63, 3.8) is 0 Å². The van der Waals surface area contributed by atoms with E-state index in [2.05, 4.69) is 16.9 Å². The van der Waals surface area contributed by atoms with Crippen LogP contribution < -0.4 is 0 Å². The Hall–Kier alpha value is -0.770. The van der Waals surface area contributed by atoms with Crippen molar-refractivity contribution >= 4 is 22.1 Å². The summed E-state index contributed by atoms with van der Waals surface area (Å²) in [5.41, 5.74) is 0. The maximum absolute atomic E-state index is 11.6. The Morgan fingerprint density at radius 2 is 2.22 bits per heavy atom. The predicted octanol–water partition coefficient (Wildman–Crippen LogP) is 0.606. The molecular formula is C14H24N4O3S2. The molecule has 1 aromatic heterocycles. The number of hydrogen-bond donors (Lipinski definition) is 0. The summed E-state index contributed by atoms with van der Waals surface area (Å²) in [4.78, 5) is 2.28. The highest BCUT2D eigenvalue weighted by molar-refractivity contribution is 7.91. The monoisotopic (exact) mass is 360 g/mol. The third-order valence-corrected chi connectivity index (χ3v) is 6.91. The van der Waals surface area contributed by atoms with Crippen LogP contribution in [0.25, 0.3) is 0 Å². The van der Waals surface area contributed by atoms with Gasteiger partial charge in [0.25, 0.3) is 0 Å². The molecule has 2 atom stereocenters. The SMILES string of the molecule is C[C@H]1CN(Cn2nc(C[C@@H]3CCS(=O)(=O)C3)n(C)c2=S)CCO1. The van der Waals surface area contributed by atoms with Crippen LogP contribution in [-0.4, -0.2) is 65.0 Å². The smallest absolute Gasteiger partial charge is 0.198 e. The number of hydrogen-bond acceptors (Lipinski definition) is 6. The molecule has 1 aromatic rings. The van der Waals surface area contributed by atoms with Gasteiger partial charge in [-0.2, -0.15) is 5.10 Å². The van der Waals surface area contributed by atoms with E-state index < -0.39 is 9.84 Å². The fourth-order valence-electron chi connectivity index (χ4n) is 3.30. The van der Waals surface area contributed by atoms with Crippen molar-refractivity contribution in [2.75, 3.05) is 31.2 Å². The van der Waals surface area contributed by atoms with Gasteiger partial charge in [-0.25, -0.2) is 13.1 Å². The summed E-state index contributed by atoms with van der Waals surface area (Å²) >= 11 is 5.49. The first kappa shape index (κ1) is 17.1. The number of rotatable bonds is 4. The lowest BCUT2D eigenvalue weighted by molar-refractivity contribution is -0.0307. The number of aromatic nitrogens is 3. The highest BCUT2D eigenvalue weighted by Crippen LogP contribution is 2.22. The molecule has 2 fully saturated rings.